The molecule has 11 heteroatoms. The Morgan fingerprint density at radius 1 is 1.15 bits per heavy atom. The van der Waals surface area contributed by atoms with Gasteiger partial charge in [-0.25, -0.2) is 23.1 Å². The van der Waals surface area contributed by atoms with Crippen LogP contribution in [0.4, 0.5) is 5.82 Å². The number of amides is 1. The summed E-state index contributed by atoms with van der Waals surface area (Å²) in [5, 5.41) is 11.3. The lowest BCUT2D eigenvalue weighted by molar-refractivity contribution is -0.135. The van der Waals surface area contributed by atoms with Crippen molar-refractivity contribution in [2.75, 3.05) is 18.0 Å². The zero-order valence-electron chi connectivity index (χ0n) is 19.7. The third-order valence-corrected chi connectivity index (χ3v) is 7.54. The minimum Gasteiger partial charge on any atom is -0.480 e. The molecule has 1 amide bonds. The van der Waals surface area contributed by atoms with Crippen molar-refractivity contribution in [3.05, 3.63) is 40.8 Å². The molecule has 2 saturated carbocycles. The molecule has 3 N–H and O–H groups in total. The molecule has 0 aromatic carbocycles. The lowest BCUT2D eigenvalue weighted by atomic mass is 9.94. The molecule has 2 aliphatic rings. The van der Waals surface area contributed by atoms with Crippen molar-refractivity contribution in [2.45, 2.75) is 64.8 Å². The first-order chi connectivity index (χ1) is 16.2. The molecule has 0 radical (unpaired) electrons. The lowest BCUT2D eigenvalue weighted by Gasteiger charge is -2.35. The summed E-state index contributed by atoms with van der Waals surface area (Å²) in [5.74, 6) is -0.239. The van der Waals surface area contributed by atoms with Crippen LogP contribution >= 0.6 is 0 Å². The van der Waals surface area contributed by atoms with Crippen LogP contribution in [0.3, 0.4) is 0 Å². The zero-order chi connectivity index (χ0) is 24.7. The summed E-state index contributed by atoms with van der Waals surface area (Å²) in [6.07, 6.45) is 12.6. The first kappa shape index (κ1) is 25.8. The third-order valence-electron chi connectivity index (χ3n) is 6.05. The molecule has 1 heterocycles. The molecule has 2 fully saturated rings. The first-order valence-electron chi connectivity index (χ1n) is 11.6. The molecule has 2 aliphatic carbocycles. The second kappa shape index (κ2) is 11.6. The molecular weight excluding hydrogens is 458 g/mol. The van der Waals surface area contributed by atoms with Crippen LogP contribution in [-0.4, -0.2) is 54.5 Å². The molecule has 186 valence electrons. The van der Waals surface area contributed by atoms with Crippen LogP contribution in [0.5, 0.6) is 0 Å². The highest BCUT2D eigenvalue weighted by molar-refractivity contribution is 7.93. The number of aromatic nitrogens is 2. The van der Waals surface area contributed by atoms with Gasteiger partial charge in [-0.1, -0.05) is 19.3 Å². The average Bonchev–Trinajstić information content (AvgIpc) is 3.64. The Kier molecular flexibility index (Phi) is 8.78. The molecule has 0 unspecified atom stereocenters. The number of carbonyl (C=O) groups is 2. The highest BCUT2D eigenvalue weighted by atomic mass is 32.2. The van der Waals surface area contributed by atoms with E-state index in [4.69, 9.17) is 5.11 Å². The van der Waals surface area contributed by atoms with Gasteiger partial charge in [0.05, 0.1) is 4.91 Å². The molecule has 1 aromatic rings. The average molecular weight is 492 g/mol. The second-order valence-electron chi connectivity index (χ2n) is 8.98. The minimum absolute atomic E-state index is 0.0655. The molecule has 0 aliphatic heterocycles. The number of rotatable bonds is 11. The van der Waals surface area contributed by atoms with E-state index in [0.717, 1.165) is 25.2 Å². The zero-order valence-corrected chi connectivity index (χ0v) is 20.5. The van der Waals surface area contributed by atoms with Crippen molar-refractivity contribution < 1.29 is 23.1 Å². The van der Waals surface area contributed by atoms with E-state index >= 15 is 0 Å². The molecule has 0 saturated heterocycles. The van der Waals surface area contributed by atoms with Crippen LogP contribution < -0.4 is 14.9 Å². The molecule has 34 heavy (non-hydrogen) atoms. The number of nitrogens with one attached hydrogen (secondary N) is 2. The van der Waals surface area contributed by atoms with E-state index in [9.17, 15) is 18.0 Å². The fourth-order valence-corrected chi connectivity index (χ4v) is 4.88. The van der Waals surface area contributed by atoms with E-state index in [-0.39, 0.29) is 10.6 Å². The van der Waals surface area contributed by atoms with Gasteiger partial charge in [0.2, 0.25) is 10.0 Å². The maximum atomic E-state index is 12.7. The van der Waals surface area contributed by atoms with Crippen LogP contribution in [0.2, 0.25) is 0 Å². The predicted molar refractivity (Wildman–Crippen MR) is 129 cm³/mol. The fourth-order valence-electron chi connectivity index (χ4n) is 3.99. The van der Waals surface area contributed by atoms with Crippen molar-refractivity contribution in [2.24, 2.45) is 5.92 Å². The molecular formula is C23H33N5O5S. The Labute approximate surface area is 200 Å². The topological polar surface area (TPSA) is 142 Å². The smallest absolute Gasteiger partial charge is 0.318 e. The summed E-state index contributed by atoms with van der Waals surface area (Å²) in [6, 6.07) is 2.16. The molecule has 10 nitrogen and oxygen atoms in total. The highest BCUT2D eigenvalue weighted by Crippen LogP contribution is 2.34. The number of carboxylic acid groups (broad SMARTS) is 1. The quantitative estimate of drug-likeness (QED) is 0.401. The largest absolute Gasteiger partial charge is 0.480 e. The maximum absolute atomic E-state index is 12.7. The van der Waals surface area contributed by atoms with Crippen molar-refractivity contribution in [1.82, 2.24) is 20.0 Å². The first-order valence-corrected chi connectivity index (χ1v) is 13.1. The monoisotopic (exact) mass is 491 g/mol. The second-order valence-corrected chi connectivity index (χ2v) is 10.9. The summed E-state index contributed by atoms with van der Waals surface area (Å²) < 4.78 is 26.1. The predicted octanol–water partition coefficient (Wildman–Crippen LogP) is 2.57. The van der Waals surface area contributed by atoms with Crippen molar-refractivity contribution in [3.8, 4) is 0 Å². The summed E-state index contributed by atoms with van der Waals surface area (Å²) in [6.45, 7) is 3.22. The number of aliphatic carboxylic acids is 1. The Morgan fingerprint density at radius 2 is 1.85 bits per heavy atom. The van der Waals surface area contributed by atoms with E-state index in [1.165, 1.54) is 57.6 Å². The minimum atomic E-state index is -3.92. The van der Waals surface area contributed by atoms with Gasteiger partial charge in [0.25, 0.3) is 5.91 Å². The Morgan fingerprint density at radius 3 is 2.50 bits per heavy atom. The van der Waals surface area contributed by atoms with Crippen molar-refractivity contribution in [1.29, 1.82) is 0 Å². The van der Waals surface area contributed by atoms with Gasteiger partial charge < -0.3 is 15.3 Å². The SMILES string of the molecule is CC(=C\NC(=O)c1cc(N(CC2CC2)C2CCCCC2)ncn1)/C=C(\C)S(=O)(=O)NCC(=O)O. The number of nitrogens with zero attached hydrogens (tertiary/aromatic N) is 3. The summed E-state index contributed by atoms with van der Waals surface area (Å²) in [4.78, 5) is 34.2. The normalized spacial score (nSPS) is 17.9. The number of carboxylic acids is 1. The van der Waals surface area contributed by atoms with Gasteiger partial charge in [-0.15, -0.1) is 0 Å². The van der Waals surface area contributed by atoms with Crippen molar-refractivity contribution in [3.63, 3.8) is 0 Å². The number of hydrogen-bond donors (Lipinski definition) is 3. The van der Waals surface area contributed by atoms with Gasteiger partial charge in [-0.05, 0) is 57.1 Å². The molecule has 1 aromatic heterocycles. The van der Waals surface area contributed by atoms with E-state index in [2.05, 4.69) is 20.2 Å². The maximum Gasteiger partial charge on any atom is 0.318 e. The van der Waals surface area contributed by atoms with E-state index in [0.29, 0.717) is 17.5 Å². The summed E-state index contributed by atoms with van der Waals surface area (Å²) >= 11 is 0. The van der Waals surface area contributed by atoms with Gasteiger partial charge >= 0.3 is 5.97 Å². The number of sulfonamides is 1. The molecule has 3 rings (SSSR count). The van der Waals surface area contributed by atoms with Gasteiger partial charge in [0.1, 0.15) is 24.4 Å². The van der Waals surface area contributed by atoms with E-state index in [1.54, 1.807) is 13.0 Å². The Balaban J connectivity index is 1.68. The van der Waals surface area contributed by atoms with Gasteiger partial charge in [-0.2, -0.15) is 0 Å². The summed E-state index contributed by atoms with van der Waals surface area (Å²) in [5.41, 5.74) is 0.709. The number of anilines is 1. The lowest BCUT2D eigenvalue weighted by Crippen LogP contribution is -2.39. The Hall–Kier alpha value is -2.79. The number of hydrogen-bond acceptors (Lipinski definition) is 7. The number of carbonyl (C=O) groups excluding carboxylic acids is 1. The van der Waals surface area contributed by atoms with Gasteiger partial charge in [0, 0.05) is 24.9 Å². The van der Waals surface area contributed by atoms with Crippen molar-refractivity contribution >= 4 is 27.7 Å². The number of allylic oxidation sites excluding steroid dienone is 3. The van der Waals surface area contributed by atoms with E-state index in [1.807, 2.05) is 4.72 Å². The van der Waals surface area contributed by atoms with E-state index < -0.39 is 28.4 Å². The fraction of sp³-hybridized carbons (Fsp3) is 0.565. The third kappa shape index (κ3) is 7.63. The molecule has 0 spiro atoms. The van der Waals surface area contributed by atoms with Crippen LogP contribution in [-0.2, 0) is 14.8 Å². The van der Waals surface area contributed by atoms with Gasteiger partial charge in [0.15, 0.2) is 0 Å². The highest BCUT2D eigenvalue weighted by Gasteiger charge is 2.30. The van der Waals surface area contributed by atoms with Crippen LogP contribution in [0.25, 0.3) is 0 Å². The molecule has 0 bridgehead atoms. The van der Waals surface area contributed by atoms with Gasteiger partial charge in [-0.3, -0.25) is 9.59 Å². The standard InChI is InChI=1S/C23H33N5O5S/c1-16(10-17(2)34(32,33)27-13-22(29)30)12-24-23(31)20-11-21(26-15-25-20)28(14-18-8-9-18)19-6-4-3-5-7-19/h10-12,15,18-19,27H,3-9,13-14H2,1-2H3,(H,24,31)(H,29,30)/b16-12+,17-10+. The van der Waals surface area contributed by atoms with Crippen LogP contribution in [0.1, 0.15) is 69.3 Å². The Bertz CT molecular complexity index is 1060. The van der Waals surface area contributed by atoms with Crippen LogP contribution in [0, 0.1) is 5.92 Å². The molecule has 0 atom stereocenters. The van der Waals surface area contributed by atoms with Crippen LogP contribution in [0.15, 0.2) is 35.1 Å². The summed E-state index contributed by atoms with van der Waals surface area (Å²) in [7, 11) is -3.92.